The number of fused-ring (bicyclic) bond motifs is 1. The van der Waals surface area contributed by atoms with Crippen LogP contribution in [0.5, 0.6) is 17.2 Å². The second kappa shape index (κ2) is 7.46. The summed E-state index contributed by atoms with van der Waals surface area (Å²) in [6, 6.07) is 11.0. The molecule has 0 fully saturated rings. The van der Waals surface area contributed by atoms with E-state index in [-0.39, 0.29) is 12.5 Å². The van der Waals surface area contributed by atoms with Gasteiger partial charge in [0.25, 0.3) is 5.91 Å². The number of carbonyl (C=O) groups excluding carboxylic acids is 1. The van der Waals surface area contributed by atoms with Crippen molar-refractivity contribution in [3.05, 3.63) is 52.5 Å². The Kier molecular flexibility index (Phi) is 5.28. The summed E-state index contributed by atoms with van der Waals surface area (Å²) in [5.74, 6) is 1.86. The van der Waals surface area contributed by atoms with Crippen molar-refractivity contribution in [1.29, 1.82) is 0 Å². The van der Waals surface area contributed by atoms with Crippen molar-refractivity contribution in [3.63, 3.8) is 0 Å². The number of rotatable bonds is 5. The van der Waals surface area contributed by atoms with Crippen molar-refractivity contribution in [2.75, 3.05) is 19.8 Å². The highest BCUT2D eigenvalue weighted by Crippen LogP contribution is 2.34. The Balaban J connectivity index is 1.64. The van der Waals surface area contributed by atoms with E-state index in [9.17, 15) is 4.79 Å². The third kappa shape index (κ3) is 4.22. The number of ether oxygens (including phenoxy) is 3. The zero-order valence-electron chi connectivity index (χ0n) is 15.1. The van der Waals surface area contributed by atoms with E-state index in [0.717, 1.165) is 16.9 Å². The van der Waals surface area contributed by atoms with Crippen LogP contribution in [0.15, 0.2) is 36.4 Å². The van der Waals surface area contributed by atoms with Gasteiger partial charge in [-0.2, -0.15) is 0 Å². The number of benzene rings is 2. The molecule has 26 heavy (non-hydrogen) atoms. The lowest BCUT2D eigenvalue weighted by atomic mass is 9.93. The molecule has 3 rings (SSSR count). The van der Waals surface area contributed by atoms with Gasteiger partial charge in [-0.25, -0.2) is 0 Å². The Bertz CT molecular complexity index is 819. The first-order valence-corrected chi connectivity index (χ1v) is 8.83. The first kappa shape index (κ1) is 18.4. The average molecular weight is 376 g/mol. The molecule has 0 bridgehead atoms. The fraction of sp³-hybridized carbons (Fsp3) is 0.350. The minimum absolute atomic E-state index is 0.0730. The minimum atomic E-state index is -0.578. The zero-order chi connectivity index (χ0) is 18.7. The molecule has 1 amide bonds. The fourth-order valence-corrected chi connectivity index (χ4v) is 3.03. The van der Waals surface area contributed by atoms with Crippen LogP contribution in [0.1, 0.15) is 25.0 Å². The number of hydrogen-bond acceptors (Lipinski definition) is 4. The van der Waals surface area contributed by atoms with Gasteiger partial charge in [0.1, 0.15) is 19.0 Å². The van der Waals surface area contributed by atoms with Gasteiger partial charge in [-0.3, -0.25) is 4.79 Å². The minimum Gasteiger partial charge on any atom is -0.486 e. The SMILES string of the molecule is Cc1cc(Cl)ccc1OCC(=O)NC(C)(C)c1ccc2c(c1)OCCO2. The van der Waals surface area contributed by atoms with Crippen molar-refractivity contribution >= 4 is 17.5 Å². The highest BCUT2D eigenvalue weighted by Gasteiger charge is 2.25. The Hall–Kier alpha value is -2.40. The molecule has 0 radical (unpaired) electrons. The van der Waals surface area contributed by atoms with E-state index in [0.29, 0.717) is 29.7 Å². The van der Waals surface area contributed by atoms with Crippen LogP contribution in [0.2, 0.25) is 5.02 Å². The summed E-state index contributed by atoms with van der Waals surface area (Å²) in [6.07, 6.45) is 0. The molecule has 1 aliphatic heterocycles. The molecular weight excluding hydrogens is 354 g/mol. The highest BCUT2D eigenvalue weighted by atomic mass is 35.5. The third-order valence-corrected chi connectivity index (χ3v) is 4.45. The second-order valence-corrected chi connectivity index (χ2v) is 7.17. The Labute approximate surface area is 158 Å². The summed E-state index contributed by atoms with van der Waals surface area (Å²) in [7, 11) is 0. The standard InChI is InChI=1S/C20H22ClNO4/c1-13-10-15(21)5-7-16(13)26-12-19(23)22-20(2,3)14-4-6-17-18(11-14)25-9-8-24-17/h4-7,10-11H,8-9,12H2,1-3H3,(H,22,23). The number of nitrogens with one attached hydrogen (secondary N) is 1. The molecule has 2 aromatic carbocycles. The molecule has 5 nitrogen and oxygen atoms in total. The Morgan fingerprint density at radius 2 is 1.88 bits per heavy atom. The quantitative estimate of drug-likeness (QED) is 0.862. The second-order valence-electron chi connectivity index (χ2n) is 6.73. The van der Waals surface area contributed by atoms with E-state index in [1.165, 1.54) is 0 Å². The van der Waals surface area contributed by atoms with Gasteiger partial charge >= 0.3 is 0 Å². The van der Waals surface area contributed by atoms with E-state index in [4.69, 9.17) is 25.8 Å². The van der Waals surface area contributed by atoms with Crippen molar-refractivity contribution < 1.29 is 19.0 Å². The summed E-state index contributed by atoms with van der Waals surface area (Å²) in [4.78, 5) is 12.4. The first-order valence-electron chi connectivity index (χ1n) is 8.45. The van der Waals surface area contributed by atoms with E-state index in [1.807, 2.05) is 39.0 Å². The molecule has 1 aliphatic rings. The lowest BCUT2D eigenvalue weighted by Crippen LogP contribution is -2.43. The molecule has 0 spiro atoms. The van der Waals surface area contributed by atoms with Gasteiger partial charge in [0.2, 0.25) is 0 Å². The van der Waals surface area contributed by atoms with Crippen LogP contribution in [-0.4, -0.2) is 25.7 Å². The third-order valence-electron chi connectivity index (χ3n) is 4.21. The molecule has 1 N–H and O–H groups in total. The number of carbonyl (C=O) groups is 1. The van der Waals surface area contributed by atoms with Crippen LogP contribution < -0.4 is 19.5 Å². The largest absolute Gasteiger partial charge is 0.486 e. The summed E-state index contributed by atoms with van der Waals surface area (Å²) in [5, 5.41) is 3.63. The molecule has 0 atom stereocenters. The molecule has 138 valence electrons. The molecular formula is C20H22ClNO4. The topological polar surface area (TPSA) is 56.8 Å². The van der Waals surface area contributed by atoms with Gasteiger partial charge in [0.05, 0.1) is 5.54 Å². The van der Waals surface area contributed by atoms with Crippen LogP contribution in [0, 0.1) is 6.92 Å². The summed E-state index contributed by atoms with van der Waals surface area (Å²) in [5.41, 5.74) is 1.24. The molecule has 1 heterocycles. The van der Waals surface area contributed by atoms with Gasteiger partial charge in [0, 0.05) is 5.02 Å². The van der Waals surface area contributed by atoms with Gasteiger partial charge in [-0.1, -0.05) is 17.7 Å². The number of hydrogen-bond donors (Lipinski definition) is 1. The van der Waals surface area contributed by atoms with Crippen LogP contribution in [0.4, 0.5) is 0 Å². The van der Waals surface area contributed by atoms with E-state index >= 15 is 0 Å². The number of amides is 1. The maximum Gasteiger partial charge on any atom is 0.258 e. The summed E-state index contributed by atoms with van der Waals surface area (Å²) in [6.45, 7) is 6.76. The molecule has 0 unspecified atom stereocenters. The smallest absolute Gasteiger partial charge is 0.258 e. The monoisotopic (exact) mass is 375 g/mol. The number of aryl methyl sites for hydroxylation is 1. The number of halogens is 1. The maximum atomic E-state index is 12.4. The maximum absolute atomic E-state index is 12.4. The predicted octanol–water partition coefficient (Wildman–Crippen LogP) is 3.85. The van der Waals surface area contributed by atoms with Gasteiger partial charge in [-0.15, -0.1) is 0 Å². The first-order chi connectivity index (χ1) is 12.3. The molecule has 0 saturated heterocycles. The van der Waals surface area contributed by atoms with Crippen molar-refractivity contribution in [2.24, 2.45) is 0 Å². The van der Waals surface area contributed by atoms with Gasteiger partial charge < -0.3 is 19.5 Å². The van der Waals surface area contributed by atoms with Crippen LogP contribution in [0.25, 0.3) is 0 Å². The summed E-state index contributed by atoms with van der Waals surface area (Å²) >= 11 is 5.93. The molecule has 0 aliphatic carbocycles. The van der Waals surface area contributed by atoms with Crippen LogP contribution in [-0.2, 0) is 10.3 Å². The normalized spacial score (nSPS) is 13.2. The van der Waals surface area contributed by atoms with Crippen LogP contribution in [0.3, 0.4) is 0 Å². The molecule has 2 aromatic rings. The van der Waals surface area contributed by atoms with E-state index in [1.54, 1.807) is 18.2 Å². The van der Waals surface area contributed by atoms with Crippen molar-refractivity contribution in [1.82, 2.24) is 5.32 Å². The Morgan fingerprint density at radius 1 is 1.15 bits per heavy atom. The van der Waals surface area contributed by atoms with Gasteiger partial charge in [-0.05, 0) is 62.2 Å². The summed E-state index contributed by atoms with van der Waals surface area (Å²) < 4.78 is 16.8. The average Bonchev–Trinajstić information content (AvgIpc) is 2.60. The fourth-order valence-electron chi connectivity index (χ4n) is 2.81. The van der Waals surface area contributed by atoms with E-state index in [2.05, 4.69) is 5.32 Å². The van der Waals surface area contributed by atoms with E-state index < -0.39 is 5.54 Å². The molecule has 0 aromatic heterocycles. The lowest BCUT2D eigenvalue weighted by Gasteiger charge is -2.28. The Morgan fingerprint density at radius 3 is 2.62 bits per heavy atom. The molecule has 0 saturated carbocycles. The zero-order valence-corrected chi connectivity index (χ0v) is 15.9. The van der Waals surface area contributed by atoms with Crippen molar-refractivity contribution in [3.8, 4) is 17.2 Å². The molecule has 6 heteroatoms. The predicted molar refractivity (Wildman–Crippen MR) is 100 cm³/mol. The highest BCUT2D eigenvalue weighted by molar-refractivity contribution is 6.30. The van der Waals surface area contributed by atoms with Gasteiger partial charge in [0.15, 0.2) is 18.1 Å². The van der Waals surface area contributed by atoms with Crippen LogP contribution >= 0.6 is 11.6 Å². The van der Waals surface area contributed by atoms with Crippen molar-refractivity contribution in [2.45, 2.75) is 26.3 Å². The lowest BCUT2D eigenvalue weighted by molar-refractivity contribution is -0.124.